The molecule has 2 nitrogen and oxygen atoms in total. The van der Waals surface area contributed by atoms with E-state index in [2.05, 4.69) is 50.4 Å². The molecule has 1 rings (SSSR count). The highest BCUT2D eigenvalue weighted by atomic mass is 14.9. The number of hydrogen-bond donors (Lipinski definition) is 1. The fraction of sp³-hybridized carbons (Fsp3) is 0.462. The van der Waals surface area contributed by atoms with Crippen molar-refractivity contribution in [1.82, 2.24) is 0 Å². The lowest BCUT2D eigenvalue weighted by atomic mass is 9.98. The third-order valence-electron chi connectivity index (χ3n) is 2.46. The summed E-state index contributed by atoms with van der Waals surface area (Å²) in [7, 11) is 0. The lowest BCUT2D eigenvalue weighted by Crippen LogP contribution is -2.01. The number of nitrogens with zero attached hydrogens (tertiary/aromatic N) is 1. The third kappa shape index (κ3) is 3.28. The van der Waals surface area contributed by atoms with E-state index in [1.54, 1.807) is 0 Å². The highest BCUT2D eigenvalue weighted by molar-refractivity contribution is 5.49. The Balaban J connectivity index is 2.70. The zero-order valence-corrected chi connectivity index (χ0v) is 9.67. The summed E-state index contributed by atoms with van der Waals surface area (Å²) < 4.78 is 0. The number of anilines is 1. The normalized spacial score (nSPS) is 10.1. The first-order chi connectivity index (χ1) is 7.15. The van der Waals surface area contributed by atoms with E-state index in [9.17, 15) is 0 Å². The Morgan fingerprint density at radius 1 is 1.40 bits per heavy atom. The number of aryl methyl sites for hydroxylation is 1. The average Bonchev–Trinajstić information content (AvgIpc) is 2.17. The first kappa shape index (κ1) is 11.6. The molecule has 0 aliphatic heterocycles. The number of benzene rings is 1. The van der Waals surface area contributed by atoms with Crippen molar-refractivity contribution < 1.29 is 0 Å². The molecule has 0 aliphatic rings. The van der Waals surface area contributed by atoms with Crippen LogP contribution in [-0.4, -0.2) is 6.54 Å². The van der Waals surface area contributed by atoms with E-state index in [0.29, 0.717) is 12.3 Å². The molecule has 1 N–H and O–H groups in total. The SMILES string of the molecule is Cc1cc(NCCC#N)ccc1C(C)C. The Hall–Kier alpha value is -1.49. The van der Waals surface area contributed by atoms with Gasteiger partial charge in [0.25, 0.3) is 0 Å². The van der Waals surface area contributed by atoms with Gasteiger partial charge in [0.15, 0.2) is 0 Å². The lowest BCUT2D eigenvalue weighted by Gasteiger charge is -2.12. The molecule has 15 heavy (non-hydrogen) atoms. The lowest BCUT2D eigenvalue weighted by molar-refractivity contribution is 0.856. The second-order valence-electron chi connectivity index (χ2n) is 4.06. The fourth-order valence-electron chi connectivity index (χ4n) is 1.70. The van der Waals surface area contributed by atoms with Crippen LogP contribution in [0.25, 0.3) is 0 Å². The Bertz CT molecular complexity index is 361. The minimum absolute atomic E-state index is 0.547. The van der Waals surface area contributed by atoms with E-state index in [1.165, 1.54) is 11.1 Å². The van der Waals surface area contributed by atoms with Crippen molar-refractivity contribution in [2.75, 3.05) is 11.9 Å². The summed E-state index contributed by atoms with van der Waals surface area (Å²) in [5.41, 5.74) is 3.81. The topological polar surface area (TPSA) is 35.8 Å². The molecule has 80 valence electrons. The van der Waals surface area contributed by atoms with Crippen molar-refractivity contribution in [1.29, 1.82) is 5.26 Å². The second kappa shape index (κ2) is 5.41. The van der Waals surface area contributed by atoms with Crippen molar-refractivity contribution in [2.45, 2.75) is 33.1 Å². The smallest absolute Gasteiger partial charge is 0.0640 e. The molecule has 0 unspecified atom stereocenters. The zero-order chi connectivity index (χ0) is 11.3. The van der Waals surface area contributed by atoms with Crippen molar-refractivity contribution in [3.63, 3.8) is 0 Å². The van der Waals surface area contributed by atoms with Crippen molar-refractivity contribution >= 4 is 5.69 Å². The molecule has 0 radical (unpaired) electrons. The van der Waals surface area contributed by atoms with Gasteiger partial charge in [0.05, 0.1) is 12.5 Å². The highest BCUT2D eigenvalue weighted by Crippen LogP contribution is 2.22. The maximum Gasteiger partial charge on any atom is 0.0640 e. The van der Waals surface area contributed by atoms with E-state index in [-0.39, 0.29) is 0 Å². The maximum absolute atomic E-state index is 8.43. The minimum Gasteiger partial charge on any atom is -0.384 e. The van der Waals surface area contributed by atoms with Crippen LogP contribution in [0.5, 0.6) is 0 Å². The first-order valence-corrected chi connectivity index (χ1v) is 5.36. The number of hydrogen-bond acceptors (Lipinski definition) is 2. The van der Waals surface area contributed by atoms with Crippen molar-refractivity contribution in [3.05, 3.63) is 29.3 Å². The van der Waals surface area contributed by atoms with Crippen molar-refractivity contribution in [2.24, 2.45) is 0 Å². The first-order valence-electron chi connectivity index (χ1n) is 5.36. The summed E-state index contributed by atoms with van der Waals surface area (Å²) in [6.45, 7) is 7.25. The van der Waals surface area contributed by atoms with E-state index < -0.39 is 0 Å². The van der Waals surface area contributed by atoms with Gasteiger partial charge in [-0.3, -0.25) is 0 Å². The van der Waals surface area contributed by atoms with Gasteiger partial charge in [0.2, 0.25) is 0 Å². The van der Waals surface area contributed by atoms with Gasteiger partial charge in [-0.2, -0.15) is 5.26 Å². The van der Waals surface area contributed by atoms with Gasteiger partial charge in [-0.25, -0.2) is 0 Å². The Morgan fingerprint density at radius 2 is 2.13 bits per heavy atom. The molecule has 1 aromatic carbocycles. The van der Waals surface area contributed by atoms with Crippen LogP contribution in [0.2, 0.25) is 0 Å². The summed E-state index contributed by atoms with van der Waals surface area (Å²) in [6.07, 6.45) is 0.547. The van der Waals surface area contributed by atoms with Crippen LogP contribution < -0.4 is 5.32 Å². The molecule has 0 heterocycles. The van der Waals surface area contributed by atoms with E-state index >= 15 is 0 Å². The van der Waals surface area contributed by atoms with Gasteiger partial charge in [0, 0.05) is 12.2 Å². The molecule has 0 saturated carbocycles. The summed E-state index contributed by atoms with van der Waals surface area (Å²) in [5, 5.41) is 11.7. The van der Waals surface area contributed by atoms with Gasteiger partial charge in [-0.1, -0.05) is 19.9 Å². The predicted octanol–water partition coefficient (Wildman–Crippen LogP) is 3.44. The molecule has 0 atom stereocenters. The molecule has 0 saturated heterocycles. The molecule has 0 fully saturated rings. The van der Waals surface area contributed by atoms with Crippen LogP contribution in [-0.2, 0) is 0 Å². The maximum atomic E-state index is 8.43. The van der Waals surface area contributed by atoms with Gasteiger partial charge < -0.3 is 5.32 Å². The Labute approximate surface area is 91.9 Å². The standard InChI is InChI=1S/C13H18N2/c1-10(2)13-6-5-12(9-11(13)3)15-8-4-7-14/h5-6,9-10,15H,4,8H2,1-3H3. The van der Waals surface area contributed by atoms with E-state index in [0.717, 1.165) is 12.2 Å². The van der Waals surface area contributed by atoms with Crippen molar-refractivity contribution in [3.8, 4) is 6.07 Å². The Kier molecular flexibility index (Phi) is 4.17. The third-order valence-corrected chi connectivity index (χ3v) is 2.46. The van der Waals surface area contributed by atoms with Gasteiger partial charge in [-0.15, -0.1) is 0 Å². The van der Waals surface area contributed by atoms with Crippen LogP contribution in [0.1, 0.15) is 37.3 Å². The monoisotopic (exact) mass is 202 g/mol. The van der Waals surface area contributed by atoms with Crippen LogP contribution in [0.15, 0.2) is 18.2 Å². The number of nitriles is 1. The molecule has 2 heteroatoms. The summed E-state index contributed by atoms with van der Waals surface area (Å²) in [5.74, 6) is 0.568. The van der Waals surface area contributed by atoms with Gasteiger partial charge >= 0.3 is 0 Å². The largest absolute Gasteiger partial charge is 0.384 e. The molecule has 0 aliphatic carbocycles. The molecule has 0 aromatic heterocycles. The molecule has 0 spiro atoms. The van der Waals surface area contributed by atoms with Crippen LogP contribution in [0.3, 0.4) is 0 Å². The predicted molar refractivity (Wildman–Crippen MR) is 64.0 cm³/mol. The quantitative estimate of drug-likeness (QED) is 0.759. The fourth-order valence-corrected chi connectivity index (χ4v) is 1.70. The Morgan fingerprint density at radius 3 is 2.67 bits per heavy atom. The highest BCUT2D eigenvalue weighted by Gasteiger charge is 2.03. The minimum atomic E-state index is 0.547. The molecule has 1 aromatic rings. The number of rotatable bonds is 4. The van der Waals surface area contributed by atoms with Crippen LogP contribution >= 0.6 is 0 Å². The average molecular weight is 202 g/mol. The van der Waals surface area contributed by atoms with Gasteiger partial charge in [0.1, 0.15) is 0 Å². The van der Waals surface area contributed by atoms with Crippen LogP contribution in [0, 0.1) is 18.3 Å². The van der Waals surface area contributed by atoms with Crippen LogP contribution in [0.4, 0.5) is 5.69 Å². The zero-order valence-electron chi connectivity index (χ0n) is 9.67. The molecular weight excluding hydrogens is 184 g/mol. The van der Waals surface area contributed by atoms with E-state index in [4.69, 9.17) is 5.26 Å². The summed E-state index contributed by atoms with van der Waals surface area (Å²) >= 11 is 0. The number of nitrogens with one attached hydrogen (secondary N) is 1. The van der Waals surface area contributed by atoms with Gasteiger partial charge in [-0.05, 0) is 36.1 Å². The molecular formula is C13H18N2. The second-order valence-corrected chi connectivity index (χ2v) is 4.06. The summed E-state index contributed by atoms with van der Waals surface area (Å²) in [4.78, 5) is 0. The summed E-state index contributed by atoms with van der Waals surface area (Å²) in [6, 6.07) is 8.51. The molecule has 0 bridgehead atoms. The molecule has 0 amide bonds. The van der Waals surface area contributed by atoms with E-state index in [1.807, 2.05) is 0 Å².